The number of fused-ring (bicyclic) bond motifs is 7. The molecule has 10 atom stereocenters. The van der Waals surface area contributed by atoms with Gasteiger partial charge in [0.2, 0.25) is 5.91 Å². The van der Waals surface area contributed by atoms with E-state index in [1.54, 1.807) is 0 Å². The summed E-state index contributed by atoms with van der Waals surface area (Å²) < 4.78 is 0. The van der Waals surface area contributed by atoms with E-state index in [1.165, 1.54) is 37.7 Å². The Labute approximate surface area is 262 Å². The van der Waals surface area contributed by atoms with Crippen LogP contribution in [0.4, 0.5) is 0 Å². The number of amides is 1. The average molecular weight is 594 g/mol. The van der Waals surface area contributed by atoms with E-state index >= 15 is 0 Å². The van der Waals surface area contributed by atoms with Crippen LogP contribution in [0.3, 0.4) is 0 Å². The Kier molecular flexibility index (Phi) is 7.79. The van der Waals surface area contributed by atoms with Crippen LogP contribution in [0.2, 0.25) is 0 Å². The van der Waals surface area contributed by atoms with Crippen molar-refractivity contribution < 1.29 is 14.7 Å². The van der Waals surface area contributed by atoms with Crippen molar-refractivity contribution in [2.75, 3.05) is 32.7 Å². The molecule has 6 fully saturated rings. The number of hydrogen-bond donors (Lipinski definition) is 0. The van der Waals surface area contributed by atoms with Crippen molar-refractivity contribution in [1.82, 2.24) is 9.80 Å². The molecule has 43 heavy (non-hydrogen) atoms. The number of carbonyl (C=O) groups excluding carboxylic acids is 2. The highest BCUT2D eigenvalue weighted by Crippen LogP contribution is 2.78. The van der Waals surface area contributed by atoms with E-state index in [-0.39, 0.29) is 39.4 Å². The topological polar surface area (TPSA) is 63.7 Å². The van der Waals surface area contributed by atoms with Gasteiger partial charge in [-0.3, -0.25) is 4.79 Å². The zero-order valence-corrected chi connectivity index (χ0v) is 28.6. The molecule has 0 unspecified atom stereocenters. The number of allylic oxidation sites excluding steroid dienone is 1. The Morgan fingerprint density at radius 1 is 0.814 bits per heavy atom. The summed E-state index contributed by atoms with van der Waals surface area (Å²) >= 11 is 0. The van der Waals surface area contributed by atoms with Crippen molar-refractivity contribution in [3.8, 4) is 0 Å². The molecule has 1 saturated heterocycles. The molecular formula is C38H61N2O3-. The van der Waals surface area contributed by atoms with Crippen molar-refractivity contribution in [2.24, 2.45) is 62.6 Å². The molecule has 242 valence electrons. The molecule has 6 aliphatic rings. The molecule has 1 amide bonds. The maximum Gasteiger partial charge on any atom is 0.229 e. The summed E-state index contributed by atoms with van der Waals surface area (Å²) in [5, 5.41) is 11.7. The summed E-state index contributed by atoms with van der Waals surface area (Å²) in [6.45, 7) is 26.5. The first-order valence-corrected chi connectivity index (χ1v) is 18.0. The second-order valence-electron chi connectivity index (χ2n) is 17.7. The molecule has 5 aliphatic carbocycles. The highest BCUT2D eigenvalue weighted by Gasteiger charge is 2.72. The number of nitrogens with zero attached hydrogens (tertiary/aromatic N) is 2. The van der Waals surface area contributed by atoms with E-state index in [4.69, 9.17) is 0 Å². The van der Waals surface area contributed by atoms with E-state index in [1.807, 2.05) is 0 Å². The van der Waals surface area contributed by atoms with Crippen LogP contribution in [0.15, 0.2) is 12.2 Å². The van der Waals surface area contributed by atoms with E-state index in [2.05, 4.69) is 64.8 Å². The lowest BCUT2D eigenvalue weighted by Gasteiger charge is -2.73. The van der Waals surface area contributed by atoms with Gasteiger partial charge in [-0.15, -0.1) is 0 Å². The maximum atomic E-state index is 14.7. The van der Waals surface area contributed by atoms with Crippen molar-refractivity contribution in [3.63, 3.8) is 0 Å². The first-order chi connectivity index (χ1) is 20.2. The monoisotopic (exact) mass is 593 g/mol. The molecule has 5 saturated carbocycles. The quantitative estimate of drug-likeness (QED) is 0.339. The molecule has 5 heteroatoms. The third-order valence-electron chi connectivity index (χ3n) is 16.3. The number of carboxylic acids is 1. The lowest BCUT2D eigenvalue weighted by molar-refractivity contribution is -0.309. The van der Waals surface area contributed by atoms with Crippen LogP contribution in [0.5, 0.6) is 0 Å². The van der Waals surface area contributed by atoms with Crippen molar-refractivity contribution in [3.05, 3.63) is 12.2 Å². The van der Waals surface area contributed by atoms with Crippen LogP contribution in [0.1, 0.15) is 119 Å². The SMILES string of the molecule is C=C(C)[C@@H]1CC[C@]2(C(=O)N3CCN(CC)CC3)CC[C@]3(C)[C@H](CC[C@@H]4[C@]5(C)CC[C@@H](CC(=O)[O-])C(C)(C)[C@H]5CC[C@]43C)[C@@H]12. The van der Waals surface area contributed by atoms with Gasteiger partial charge in [0.1, 0.15) is 0 Å². The van der Waals surface area contributed by atoms with Gasteiger partial charge in [0, 0.05) is 32.1 Å². The fourth-order valence-corrected chi connectivity index (χ4v) is 13.7. The molecular weight excluding hydrogens is 532 g/mol. The standard InChI is InChI=1S/C38H62N2O3/c1-9-39-20-22-40(23-21-39)33(43)38-17-13-27(25(2)3)32(38)28-10-11-30-35(6)15-12-26(24-31(41)42)34(4,5)29(35)14-16-37(30,8)36(28,7)18-19-38/h26-30,32H,2,9-24H2,1,3-8H3,(H,41,42)/p-1/t26-,27-,28+,29+,30+,32+,35+,36+,37+,38-/m0/s1. The molecule has 0 spiro atoms. The second-order valence-corrected chi connectivity index (χ2v) is 17.7. The van der Waals surface area contributed by atoms with Crippen molar-refractivity contribution in [2.45, 2.75) is 119 Å². The van der Waals surface area contributed by atoms with Gasteiger partial charge >= 0.3 is 0 Å². The predicted molar refractivity (Wildman–Crippen MR) is 171 cm³/mol. The summed E-state index contributed by atoms with van der Waals surface area (Å²) in [5.41, 5.74) is 1.79. The molecule has 0 N–H and O–H groups in total. The van der Waals surface area contributed by atoms with E-state index < -0.39 is 5.97 Å². The predicted octanol–water partition coefficient (Wildman–Crippen LogP) is 6.56. The van der Waals surface area contributed by atoms with Crippen LogP contribution in [-0.2, 0) is 9.59 Å². The van der Waals surface area contributed by atoms with Gasteiger partial charge in [0.25, 0.3) is 0 Å². The first-order valence-electron chi connectivity index (χ1n) is 18.0. The third-order valence-corrected chi connectivity index (χ3v) is 16.3. The number of aliphatic carboxylic acids is 1. The van der Waals surface area contributed by atoms with Gasteiger partial charge in [0.15, 0.2) is 0 Å². The summed E-state index contributed by atoms with van der Waals surface area (Å²) in [5.74, 6) is 2.45. The highest BCUT2D eigenvalue weighted by molar-refractivity contribution is 5.84. The number of likely N-dealkylation sites (N-methyl/N-ethyl adjacent to an activating group) is 1. The van der Waals surface area contributed by atoms with Gasteiger partial charge in [0.05, 0.1) is 5.41 Å². The minimum Gasteiger partial charge on any atom is -0.550 e. The Balaban J connectivity index is 1.32. The van der Waals surface area contributed by atoms with Gasteiger partial charge in [-0.2, -0.15) is 0 Å². The summed E-state index contributed by atoms with van der Waals surface area (Å²) in [4.78, 5) is 31.1. The van der Waals surface area contributed by atoms with E-state index in [0.29, 0.717) is 35.5 Å². The molecule has 5 nitrogen and oxygen atoms in total. The van der Waals surface area contributed by atoms with E-state index in [9.17, 15) is 14.7 Å². The largest absolute Gasteiger partial charge is 0.550 e. The molecule has 0 radical (unpaired) electrons. The zero-order chi connectivity index (χ0) is 31.2. The number of rotatable bonds is 5. The molecule has 0 aromatic heterocycles. The van der Waals surface area contributed by atoms with Crippen LogP contribution in [0.25, 0.3) is 0 Å². The second kappa shape index (κ2) is 10.6. The Bertz CT molecular complexity index is 1140. The van der Waals surface area contributed by atoms with Crippen molar-refractivity contribution >= 4 is 11.9 Å². The Morgan fingerprint density at radius 2 is 1.51 bits per heavy atom. The number of piperazine rings is 1. The number of carbonyl (C=O) groups is 2. The van der Waals surface area contributed by atoms with Gasteiger partial charge in [-0.05, 0) is 141 Å². The Hall–Kier alpha value is -1.36. The summed E-state index contributed by atoms with van der Waals surface area (Å²) in [6, 6.07) is 0. The summed E-state index contributed by atoms with van der Waals surface area (Å²) in [6.07, 6.45) is 11.6. The van der Waals surface area contributed by atoms with Crippen molar-refractivity contribution in [1.29, 1.82) is 0 Å². The lowest BCUT2D eigenvalue weighted by Crippen LogP contribution is -2.67. The van der Waals surface area contributed by atoms with Gasteiger partial charge in [-0.25, -0.2) is 0 Å². The maximum absolute atomic E-state index is 14.7. The molecule has 1 aliphatic heterocycles. The normalized spacial score (nSPS) is 47.6. The molecule has 0 aromatic rings. The fourth-order valence-electron chi connectivity index (χ4n) is 13.7. The minimum atomic E-state index is -0.883. The number of hydrogen-bond acceptors (Lipinski definition) is 4. The molecule has 0 bridgehead atoms. The Morgan fingerprint density at radius 3 is 2.14 bits per heavy atom. The van der Waals surface area contributed by atoms with E-state index in [0.717, 1.165) is 64.8 Å². The van der Waals surface area contributed by atoms with Crippen LogP contribution in [-0.4, -0.2) is 54.4 Å². The van der Waals surface area contributed by atoms with Crippen LogP contribution >= 0.6 is 0 Å². The van der Waals surface area contributed by atoms with Crippen LogP contribution in [0, 0.1) is 62.6 Å². The highest BCUT2D eigenvalue weighted by atomic mass is 16.4. The molecule has 6 rings (SSSR count). The lowest BCUT2D eigenvalue weighted by atomic mass is 9.32. The number of carboxylic acid groups (broad SMARTS) is 1. The first kappa shape index (κ1) is 31.6. The minimum absolute atomic E-state index is 0.0125. The third kappa shape index (κ3) is 4.38. The zero-order valence-electron chi connectivity index (χ0n) is 28.6. The molecule has 1 heterocycles. The average Bonchev–Trinajstić information content (AvgIpc) is 3.36. The smallest absolute Gasteiger partial charge is 0.229 e. The van der Waals surface area contributed by atoms with Gasteiger partial charge < -0.3 is 19.7 Å². The van der Waals surface area contributed by atoms with Gasteiger partial charge in [-0.1, -0.05) is 53.7 Å². The fraction of sp³-hybridized carbons (Fsp3) is 0.895. The summed E-state index contributed by atoms with van der Waals surface area (Å²) in [7, 11) is 0. The van der Waals surface area contributed by atoms with Crippen LogP contribution < -0.4 is 5.11 Å². The molecule has 0 aromatic carbocycles.